The van der Waals surface area contributed by atoms with Gasteiger partial charge in [-0.25, -0.2) is 0 Å². The third kappa shape index (κ3) is 4.17. The molecule has 0 saturated carbocycles. The minimum absolute atomic E-state index is 0.387. The van der Waals surface area contributed by atoms with Crippen LogP contribution < -0.4 is 10.1 Å². The van der Waals surface area contributed by atoms with E-state index in [0.717, 1.165) is 22.3 Å². The van der Waals surface area contributed by atoms with Crippen LogP contribution >= 0.6 is 15.9 Å². The fourth-order valence-corrected chi connectivity index (χ4v) is 1.96. The Bertz CT molecular complexity index is 401. The van der Waals surface area contributed by atoms with E-state index in [2.05, 4.69) is 48.1 Å². The predicted octanol–water partition coefficient (Wildman–Crippen LogP) is 3.86. The fourth-order valence-electron chi connectivity index (χ4n) is 1.60. The maximum Gasteiger partial charge on any atom is 0.119 e. The van der Waals surface area contributed by atoms with Crippen molar-refractivity contribution in [3.8, 4) is 5.75 Å². The number of hydrogen-bond acceptors (Lipinski definition) is 2. The molecule has 0 aliphatic rings. The van der Waals surface area contributed by atoms with E-state index in [1.165, 1.54) is 5.57 Å². The molecule has 0 saturated heterocycles. The zero-order valence-corrected chi connectivity index (χ0v) is 12.5. The van der Waals surface area contributed by atoms with Crippen LogP contribution in [0.1, 0.15) is 26.3 Å². The molecule has 17 heavy (non-hydrogen) atoms. The molecule has 1 unspecified atom stereocenters. The monoisotopic (exact) mass is 297 g/mol. The van der Waals surface area contributed by atoms with E-state index < -0.39 is 0 Å². The van der Waals surface area contributed by atoms with E-state index in [0.29, 0.717) is 6.04 Å². The SMILES string of the molecule is CCNC(C)/C(C)=C/c1cc(OC)ccc1Br. The van der Waals surface area contributed by atoms with Crippen molar-refractivity contribution in [2.75, 3.05) is 13.7 Å². The number of ether oxygens (including phenoxy) is 1. The van der Waals surface area contributed by atoms with Crippen LogP contribution in [0.25, 0.3) is 6.08 Å². The van der Waals surface area contributed by atoms with Gasteiger partial charge in [0.1, 0.15) is 5.75 Å². The minimum Gasteiger partial charge on any atom is -0.497 e. The van der Waals surface area contributed by atoms with E-state index in [-0.39, 0.29) is 0 Å². The Hall–Kier alpha value is -0.800. The molecule has 0 fully saturated rings. The maximum absolute atomic E-state index is 5.23. The third-order valence-corrected chi connectivity index (χ3v) is 3.50. The van der Waals surface area contributed by atoms with Gasteiger partial charge in [-0.3, -0.25) is 0 Å². The van der Waals surface area contributed by atoms with Gasteiger partial charge in [-0.15, -0.1) is 0 Å². The number of benzene rings is 1. The van der Waals surface area contributed by atoms with Gasteiger partial charge < -0.3 is 10.1 Å². The van der Waals surface area contributed by atoms with Gasteiger partial charge in [0.25, 0.3) is 0 Å². The van der Waals surface area contributed by atoms with Crippen molar-refractivity contribution in [3.63, 3.8) is 0 Å². The van der Waals surface area contributed by atoms with Gasteiger partial charge >= 0.3 is 0 Å². The molecule has 1 N–H and O–H groups in total. The van der Waals surface area contributed by atoms with Crippen molar-refractivity contribution in [1.29, 1.82) is 0 Å². The first-order valence-electron chi connectivity index (χ1n) is 5.83. The van der Waals surface area contributed by atoms with Gasteiger partial charge in [0.15, 0.2) is 0 Å². The molecular weight excluding hydrogens is 278 g/mol. The van der Waals surface area contributed by atoms with Crippen molar-refractivity contribution in [3.05, 3.63) is 33.8 Å². The van der Waals surface area contributed by atoms with Crippen LogP contribution in [-0.4, -0.2) is 19.7 Å². The van der Waals surface area contributed by atoms with Gasteiger partial charge in [-0.05, 0) is 44.2 Å². The van der Waals surface area contributed by atoms with Gasteiger partial charge in [0.2, 0.25) is 0 Å². The Labute approximate surface area is 112 Å². The van der Waals surface area contributed by atoms with E-state index >= 15 is 0 Å². The molecule has 0 heterocycles. The molecule has 94 valence electrons. The second kappa shape index (κ2) is 6.82. The number of methoxy groups -OCH3 is 1. The molecule has 1 atom stereocenters. The summed E-state index contributed by atoms with van der Waals surface area (Å²) < 4.78 is 6.32. The van der Waals surface area contributed by atoms with Crippen LogP contribution in [0.2, 0.25) is 0 Å². The van der Waals surface area contributed by atoms with Crippen LogP contribution in [0.3, 0.4) is 0 Å². The summed E-state index contributed by atoms with van der Waals surface area (Å²) in [6, 6.07) is 6.38. The smallest absolute Gasteiger partial charge is 0.119 e. The quantitative estimate of drug-likeness (QED) is 0.891. The summed E-state index contributed by atoms with van der Waals surface area (Å²) in [5, 5.41) is 3.40. The van der Waals surface area contributed by atoms with Crippen LogP contribution in [0.5, 0.6) is 5.75 Å². The van der Waals surface area contributed by atoms with Crippen molar-refractivity contribution in [2.24, 2.45) is 0 Å². The van der Waals surface area contributed by atoms with Crippen molar-refractivity contribution >= 4 is 22.0 Å². The van der Waals surface area contributed by atoms with E-state index in [4.69, 9.17) is 4.74 Å². The van der Waals surface area contributed by atoms with Gasteiger partial charge in [0.05, 0.1) is 7.11 Å². The lowest BCUT2D eigenvalue weighted by Gasteiger charge is -2.13. The standard InChI is InChI=1S/C14H20BrNO/c1-5-16-11(3)10(2)8-12-9-13(17-4)6-7-14(12)15/h6-9,11,16H,5H2,1-4H3/b10-8+. The Morgan fingerprint density at radius 2 is 2.24 bits per heavy atom. The highest BCUT2D eigenvalue weighted by atomic mass is 79.9. The molecule has 3 heteroatoms. The molecule has 0 radical (unpaired) electrons. The maximum atomic E-state index is 5.23. The molecule has 0 spiro atoms. The minimum atomic E-state index is 0.387. The molecule has 0 aliphatic carbocycles. The van der Waals surface area contributed by atoms with Crippen molar-refractivity contribution in [2.45, 2.75) is 26.8 Å². The second-order valence-corrected chi connectivity index (χ2v) is 4.91. The highest BCUT2D eigenvalue weighted by Gasteiger charge is 2.04. The fraction of sp³-hybridized carbons (Fsp3) is 0.429. The van der Waals surface area contributed by atoms with Gasteiger partial charge in [-0.2, -0.15) is 0 Å². The largest absolute Gasteiger partial charge is 0.497 e. The zero-order valence-electron chi connectivity index (χ0n) is 10.9. The normalized spacial score (nSPS) is 13.6. The Morgan fingerprint density at radius 3 is 2.82 bits per heavy atom. The van der Waals surface area contributed by atoms with Crippen LogP contribution in [0, 0.1) is 0 Å². The lowest BCUT2D eigenvalue weighted by Crippen LogP contribution is -2.26. The average Bonchev–Trinajstić information content (AvgIpc) is 2.32. The summed E-state index contributed by atoms with van der Waals surface area (Å²) in [5.74, 6) is 0.878. The molecule has 1 aromatic rings. The molecule has 2 nitrogen and oxygen atoms in total. The topological polar surface area (TPSA) is 21.3 Å². The first-order valence-corrected chi connectivity index (χ1v) is 6.63. The number of nitrogens with one attached hydrogen (secondary N) is 1. The van der Waals surface area contributed by atoms with E-state index in [1.54, 1.807) is 7.11 Å². The molecule has 0 amide bonds. The highest BCUT2D eigenvalue weighted by Crippen LogP contribution is 2.25. The van der Waals surface area contributed by atoms with Gasteiger partial charge in [0, 0.05) is 10.5 Å². The van der Waals surface area contributed by atoms with Crippen molar-refractivity contribution < 1.29 is 4.74 Å². The lowest BCUT2D eigenvalue weighted by molar-refractivity contribution is 0.414. The predicted molar refractivity (Wildman–Crippen MR) is 77.5 cm³/mol. The van der Waals surface area contributed by atoms with Gasteiger partial charge in [-0.1, -0.05) is 34.5 Å². The first-order chi connectivity index (χ1) is 8.08. The van der Waals surface area contributed by atoms with E-state index in [9.17, 15) is 0 Å². The molecule has 1 rings (SSSR count). The Kier molecular flexibility index (Phi) is 5.72. The Morgan fingerprint density at radius 1 is 1.53 bits per heavy atom. The summed E-state index contributed by atoms with van der Waals surface area (Å²) in [6.07, 6.45) is 2.18. The third-order valence-electron chi connectivity index (χ3n) is 2.78. The second-order valence-electron chi connectivity index (χ2n) is 4.06. The number of halogens is 1. The number of rotatable bonds is 5. The molecule has 0 aliphatic heterocycles. The van der Waals surface area contributed by atoms with E-state index in [1.807, 2.05) is 18.2 Å². The average molecular weight is 298 g/mol. The molecule has 0 aromatic heterocycles. The Balaban J connectivity index is 2.95. The summed E-state index contributed by atoms with van der Waals surface area (Å²) >= 11 is 3.56. The summed E-state index contributed by atoms with van der Waals surface area (Å²) in [6.45, 7) is 7.40. The number of hydrogen-bond donors (Lipinski definition) is 1. The lowest BCUT2D eigenvalue weighted by atomic mass is 10.1. The number of likely N-dealkylation sites (N-methyl/N-ethyl adjacent to an activating group) is 1. The summed E-state index contributed by atoms with van der Waals surface area (Å²) in [7, 11) is 1.69. The summed E-state index contributed by atoms with van der Waals surface area (Å²) in [5.41, 5.74) is 2.45. The van der Waals surface area contributed by atoms with Crippen LogP contribution in [-0.2, 0) is 0 Å². The van der Waals surface area contributed by atoms with Crippen molar-refractivity contribution in [1.82, 2.24) is 5.32 Å². The first kappa shape index (κ1) is 14.3. The molecule has 1 aromatic carbocycles. The van der Waals surface area contributed by atoms with Crippen LogP contribution in [0.15, 0.2) is 28.2 Å². The molecular formula is C14H20BrNO. The summed E-state index contributed by atoms with van der Waals surface area (Å²) in [4.78, 5) is 0. The highest BCUT2D eigenvalue weighted by molar-refractivity contribution is 9.10. The molecule has 0 bridgehead atoms. The zero-order chi connectivity index (χ0) is 12.8. The van der Waals surface area contributed by atoms with Crippen LogP contribution in [0.4, 0.5) is 0 Å².